The van der Waals surface area contributed by atoms with Crippen molar-refractivity contribution >= 4 is 17.3 Å². The van der Waals surface area contributed by atoms with Gasteiger partial charge in [0.15, 0.2) is 0 Å². The number of allylic oxidation sites excluding steroid dienone is 2. The molecule has 2 aromatic rings. The van der Waals surface area contributed by atoms with Crippen molar-refractivity contribution in [3.63, 3.8) is 0 Å². The molecule has 0 aliphatic heterocycles. The third-order valence-electron chi connectivity index (χ3n) is 3.73. The number of hydrogen-bond acceptors (Lipinski definition) is 1. The molecule has 0 saturated heterocycles. The summed E-state index contributed by atoms with van der Waals surface area (Å²) in [7, 11) is 0. The molecule has 1 aliphatic rings. The molecule has 0 saturated carbocycles. The SMILES string of the molecule is CC1=C(CCSc2ccccc2)c2cc(F)ccc2C1. The average Bonchev–Trinajstić information content (AvgIpc) is 2.76. The molecule has 2 heteroatoms. The first kappa shape index (κ1) is 13.4. The Kier molecular flexibility index (Phi) is 3.93. The van der Waals surface area contributed by atoms with Crippen LogP contribution in [0.4, 0.5) is 4.39 Å². The zero-order chi connectivity index (χ0) is 13.9. The molecule has 102 valence electrons. The summed E-state index contributed by atoms with van der Waals surface area (Å²) in [5.41, 5.74) is 5.11. The summed E-state index contributed by atoms with van der Waals surface area (Å²) in [6, 6.07) is 15.6. The first-order chi connectivity index (χ1) is 9.74. The topological polar surface area (TPSA) is 0 Å². The number of fused-ring (bicyclic) bond motifs is 1. The third kappa shape index (κ3) is 2.80. The van der Waals surface area contributed by atoms with Gasteiger partial charge in [-0.1, -0.05) is 29.8 Å². The van der Waals surface area contributed by atoms with E-state index in [4.69, 9.17) is 0 Å². The van der Waals surface area contributed by atoms with E-state index in [0.717, 1.165) is 24.2 Å². The highest BCUT2D eigenvalue weighted by Gasteiger charge is 2.18. The minimum absolute atomic E-state index is 0.133. The molecule has 3 rings (SSSR count). The molecule has 0 heterocycles. The van der Waals surface area contributed by atoms with E-state index in [1.54, 1.807) is 12.1 Å². The lowest BCUT2D eigenvalue weighted by molar-refractivity contribution is 0.627. The number of hydrogen-bond donors (Lipinski definition) is 0. The van der Waals surface area contributed by atoms with Crippen molar-refractivity contribution in [2.45, 2.75) is 24.7 Å². The van der Waals surface area contributed by atoms with E-state index in [9.17, 15) is 4.39 Å². The predicted octanol–water partition coefficient (Wildman–Crippen LogP) is 5.34. The molecule has 1 aliphatic carbocycles. The molecule has 0 N–H and O–H groups in total. The van der Waals surface area contributed by atoms with Crippen molar-refractivity contribution in [3.8, 4) is 0 Å². The number of halogens is 1. The summed E-state index contributed by atoms with van der Waals surface area (Å²) in [5, 5.41) is 0. The van der Waals surface area contributed by atoms with Crippen LogP contribution in [-0.2, 0) is 6.42 Å². The van der Waals surface area contributed by atoms with E-state index < -0.39 is 0 Å². The summed E-state index contributed by atoms with van der Waals surface area (Å²) >= 11 is 1.86. The quantitative estimate of drug-likeness (QED) is 0.683. The van der Waals surface area contributed by atoms with Gasteiger partial charge in [0.25, 0.3) is 0 Å². The molecular formula is C18H17FS. The van der Waals surface area contributed by atoms with Crippen LogP contribution in [0, 0.1) is 5.82 Å². The number of benzene rings is 2. The molecule has 0 amide bonds. The molecule has 0 nitrogen and oxygen atoms in total. The van der Waals surface area contributed by atoms with Crippen molar-refractivity contribution in [1.82, 2.24) is 0 Å². The molecule has 0 aromatic heterocycles. The molecular weight excluding hydrogens is 267 g/mol. The minimum Gasteiger partial charge on any atom is -0.207 e. The lowest BCUT2D eigenvalue weighted by Gasteiger charge is -2.07. The maximum absolute atomic E-state index is 13.4. The number of thioether (sulfide) groups is 1. The van der Waals surface area contributed by atoms with Crippen molar-refractivity contribution in [1.29, 1.82) is 0 Å². The van der Waals surface area contributed by atoms with Gasteiger partial charge in [0.05, 0.1) is 0 Å². The van der Waals surface area contributed by atoms with Crippen LogP contribution in [-0.4, -0.2) is 5.75 Å². The van der Waals surface area contributed by atoms with Gasteiger partial charge in [-0.05, 0) is 60.7 Å². The van der Waals surface area contributed by atoms with Crippen LogP contribution in [0.15, 0.2) is 59.0 Å². The van der Waals surface area contributed by atoms with Gasteiger partial charge in [-0.3, -0.25) is 0 Å². The van der Waals surface area contributed by atoms with Gasteiger partial charge < -0.3 is 0 Å². The average molecular weight is 284 g/mol. The lowest BCUT2D eigenvalue weighted by atomic mass is 10.0. The highest BCUT2D eigenvalue weighted by Crippen LogP contribution is 2.36. The summed E-state index contributed by atoms with van der Waals surface area (Å²) in [6.07, 6.45) is 1.97. The van der Waals surface area contributed by atoms with Gasteiger partial charge in [-0.15, -0.1) is 11.8 Å². The normalized spacial score (nSPS) is 13.7. The Labute approximate surface area is 123 Å². The number of rotatable bonds is 4. The van der Waals surface area contributed by atoms with Gasteiger partial charge in [0.1, 0.15) is 5.82 Å². The molecule has 0 unspecified atom stereocenters. The van der Waals surface area contributed by atoms with Crippen LogP contribution in [0.1, 0.15) is 24.5 Å². The summed E-state index contributed by atoms with van der Waals surface area (Å²) < 4.78 is 13.4. The second-order valence-electron chi connectivity index (χ2n) is 5.15. The second-order valence-corrected chi connectivity index (χ2v) is 6.32. The van der Waals surface area contributed by atoms with Gasteiger partial charge in [-0.25, -0.2) is 4.39 Å². The van der Waals surface area contributed by atoms with E-state index in [1.165, 1.54) is 21.6 Å². The van der Waals surface area contributed by atoms with Crippen molar-refractivity contribution in [2.75, 3.05) is 5.75 Å². The van der Waals surface area contributed by atoms with E-state index in [1.807, 2.05) is 23.9 Å². The van der Waals surface area contributed by atoms with E-state index >= 15 is 0 Å². The standard InChI is InChI=1S/C18H17FS/c1-13-11-14-7-8-15(19)12-18(14)17(13)9-10-20-16-5-3-2-4-6-16/h2-8,12H,9-11H2,1H3. The maximum atomic E-state index is 13.4. The first-order valence-corrected chi connectivity index (χ1v) is 7.88. The molecule has 0 fully saturated rings. The zero-order valence-electron chi connectivity index (χ0n) is 11.5. The van der Waals surface area contributed by atoms with Crippen molar-refractivity contribution in [3.05, 3.63) is 71.0 Å². The summed E-state index contributed by atoms with van der Waals surface area (Å²) in [6.45, 7) is 2.17. The van der Waals surface area contributed by atoms with Crippen LogP contribution in [0.2, 0.25) is 0 Å². The van der Waals surface area contributed by atoms with E-state index in [0.29, 0.717) is 0 Å². The molecule has 0 radical (unpaired) electrons. The molecule has 20 heavy (non-hydrogen) atoms. The fraction of sp³-hybridized carbons (Fsp3) is 0.222. The second kappa shape index (κ2) is 5.84. The predicted molar refractivity (Wildman–Crippen MR) is 84.5 cm³/mol. The maximum Gasteiger partial charge on any atom is 0.123 e. The lowest BCUT2D eigenvalue weighted by Crippen LogP contribution is -1.89. The fourth-order valence-corrected chi connectivity index (χ4v) is 3.63. The highest BCUT2D eigenvalue weighted by atomic mass is 32.2. The Morgan fingerprint density at radius 3 is 2.70 bits per heavy atom. The monoisotopic (exact) mass is 284 g/mol. The van der Waals surface area contributed by atoms with E-state index in [-0.39, 0.29) is 5.82 Å². The largest absolute Gasteiger partial charge is 0.207 e. The van der Waals surface area contributed by atoms with Crippen LogP contribution in [0.25, 0.3) is 5.57 Å². The molecule has 0 bridgehead atoms. The van der Waals surface area contributed by atoms with Crippen LogP contribution in [0.5, 0.6) is 0 Å². The Balaban J connectivity index is 1.69. The Morgan fingerprint density at radius 1 is 1.10 bits per heavy atom. The summed E-state index contributed by atoms with van der Waals surface area (Å²) in [5.74, 6) is 0.902. The molecule has 0 atom stereocenters. The van der Waals surface area contributed by atoms with E-state index in [2.05, 4.69) is 31.2 Å². The first-order valence-electron chi connectivity index (χ1n) is 6.89. The van der Waals surface area contributed by atoms with Crippen molar-refractivity contribution in [2.24, 2.45) is 0 Å². The Morgan fingerprint density at radius 2 is 1.90 bits per heavy atom. The van der Waals surface area contributed by atoms with Gasteiger partial charge in [-0.2, -0.15) is 0 Å². The fourth-order valence-electron chi connectivity index (χ4n) is 2.74. The van der Waals surface area contributed by atoms with Gasteiger partial charge in [0.2, 0.25) is 0 Å². The smallest absolute Gasteiger partial charge is 0.123 e. The van der Waals surface area contributed by atoms with Crippen LogP contribution < -0.4 is 0 Å². The third-order valence-corrected chi connectivity index (χ3v) is 4.75. The van der Waals surface area contributed by atoms with Gasteiger partial charge >= 0.3 is 0 Å². The zero-order valence-corrected chi connectivity index (χ0v) is 12.3. The van der Waals surface area contributed by atoms with Crippen molar-refractivity contribution < 1.29 is 4.39 Å². The van der Waals surface area contributed by atoms with Crippen LogP contribution >= 0.6 is 11.8 Å². The van der Waals surface area contributed by atoms with Crippen LogP contribution in [0.3, 0.4) is 0 Å². The highest BCUT2D eigenvalue weighted by molar-refractivity contribution is 7.99. The Hall–Kier alpha value is -1.54. The molecule has 0 spiro atoms. The Bertz CT molecular complexity index is 644. The molecule has 2 aromatic carbocycles. The summed E-state index contributed by atoms with van der Waals surface area (Å²) in [4.78, 5) is 1.29. The minimum atomic E-state index is -0.133. The van der Waals surface area contributed by atoms with Gasteiger partial charge in [0, 0.05) is 10.6 Å².